The van der Waals surface area contributed by atoms with E-state index in [-0.39, 0.29) is 11.2 Å². The SMILES string of the molecule is Cc1cc(CNC(C)(C)C)cnc1Sc1n[nH]c(=O)n1C. The Bertz CT molecular complexity index is 683. The van der Waals surface area contributed by atoms with Gasteiger partial charge in [-0.15, -0.1) is 5.10 Å². The van der Waals surface area contributed by atoms with Crippen molar-refractivity contribution in [3.05, 3.63) is 33.9 Å². The molecule has 2 rings (SSSR count). The maximum absolute atomic E-state index is 11.4. The normalized spacial score (nSPS) is 11.9. The molecular formula is C14H21N5OS. The van der Waals surface area contributed by atoms with Gasteiger partial charge in [-0.1, -0.05) is 6.07 Å². The number of aromatic amines is 1. The molecule has 0 atom stereocenters. The van der Waals surface area contributed by atoms with Crippen LogP contribution >= 0.6 is 11.8 Å². The van der Waals surface area contributed by atoms with Crippen LogP contribution in [0.2, 0.25) is 0 Å². The molecule has 0 amide bonds. The number of hydrogen-bond donors (Lipinski definition) is 2. The molecule has 0 aliphatic rings. The summed E-state index contributed by atoms with van der Waals surface area (Å²) in [6.07, 6.45) is 1.86. The summed E-state index contributed by atoms with van der Waals surface area (Å²) in [7, 11) is 1.69. The maximum Gasteiger partial charge on any atom is 0.343 e. The number of nitrogens with one attached hydrogen (secondary N) is 2. The van der Waals surface area contributed by atoms with Gasteiger partial charge in [0.1, 0.15) is 5.03 Å². The van der Waals surface area contributed by atoms with Gasteiger partial charge in [-0.3, -0.25) is 4.57 Å². The summed E-state index contributed by atoms with van der Waals surface area (Å²) in [6.45, 7) is 9.20. The molecule has 0 aliphatic carbocycles. The number of rotatable bonds is 4. The number of pyridine rings is 1. The van der Waals surface area contributed by atoms with Crippen molar-refractivity contribution < 1.29 is 0 Å². The summed E-state index contributed by atoms with van der Waals surface area (Å²) in [5, 5.41) is 11.3. The largest absolute Gasteiger partial charge is 0.343 e. The minimum absolute atomic E-state index is 0.0780. The second-order valence-electron chi connectivity index (χ2n) is 6.04. The molecule has 2 aromatic rings. The van der Waals surface area contributed by atoms with E-state index in [1.165, 1.54) is 16.3 Å². The minimum Gasteiger partial charge on any atom is -0.308 e. The van der Waals surface area contributed by atoms with E-state index < -0.39 is 0 Å². The second-order valence-corrected chi connectivity index (χ2v) is 7.00. The lowest BCUT2D eigenvalue weighted by molar-refractivity contribution is 0.424. The zero-order valence-corrected chi connectivity index (χ0v) is 13.8. The van der Waals surface area contributed by atoms with Crippen LogP contribution in [0.15, 0.2) is 27.2 Å². The van der Waals surface area contributed by atoms with Gasteiger partial charge in [0, 0.05) is 25.3 Å². The summed E-state index contributed by atoms with van der Waals surface area (Å²) in [5.74, 6) is 0. The Morgan fingerprint density at radius 1 is 1.43 bits per heavy atom. The zero-order chi connectivity index (χ0) is 15.6. The van der Waals surface area contributed by atoms with E-state index >= 15 is 0 Å². The van der Waals surface area contributed by atoms with Gasteiger partial charge in [-0.2, -0.15) is 0 Å². The molecule has 0 saturated carbocycles. The van der Waals surface area contributed by atoms with E-state index in [2.05, 4.69) is 47.3 Å². The lowest BCUT2D eigenvalue weighted by atomic mass is 10.1. The summed E-state index contributed by atoms with van der Waals surface area (Å²) in [5.41, 5.74) is 2.07. The third kappa shape index (κ3) is 4.18. The maximum atomic E-state index is 11.4. The van der Waals surface area contributed by atoms with Crippen LogP contribution in [-0.2, 0) is 13.6 Å². The average molecular weight is 307 g/mol. The predicted molar refractivity (Wildman–Crippen MR) is 83.5 cm³/mol. The molecule has 7 heteroatoms. The van der Waals surface area contributed by atoms with Gasteiger partial charge in [0.15, 0.2) is 5.16 Å². The first-order chi connectivity index (χ1) is 9.76. The third-order valence-corrected chi connectivity index (χ3v) is 4.10. The number of aryl methyl sites for hydroxylation is 1. The Labute approximate surface area is 128 Å². The van der Waals surface area contributed by atoms with Crippen molar-refractivity contribution in [3.8, 4) is 0 Å². The number of H-pyrrole nitrogens is 1. The molecule has 0 spiro atoms. The molecule has 0 aliphatic heterocycles. The van der Waals surface area contributed by atoms with Crippen molar-refractivity contribution in [3.63, 3.8) is 0 Å². The van der Waals surface area contributed by atoms with E-state index in [1.54, 1.807) is 7.05 Å². The third-order valence-electron chi connectivity index (χ3n) is 2.94. The first kappa shape index (κ1) is 15.8. The van der Waals surface area contributed by atoms with Crippen molar-refractivity contribution in [2.75, 3.05) is 0 Å². The molecule has 2 N–H and O–H groups in total. The number of aromatic nitrogens is 4. The highest BCUT2D eigenvalue weighted by molar-refractivity contribution is 7.99. The Kier molecular flexibility index (Phi) is 4.53. The van der Waals surface area contributed by atoms with Crippen LogP contribution in [0.5, 0.6) is 0 Å². The monoisotopic (exact) mass is 307 g/mol. The highest BCUT2D eigenvalue weighted by Gasteiger charge is 2.12. The smallest absolute Gasteiger partial charge is 0.308 e. The van der Waals surface area contributed by atoms with Crippen LogP contribution in [0.1, 0.15) is 31.9 Å². The topological polar surface area (TPSA) is 75.6 Å². The van der Waals surface area contributed by atoms with Crippen molar-refractivity contribution in [1.82, 2.24) is 25.1 Å². The summed E-state index contributed by atoms with van der Waals surface area (Å²) in [4.78, 5) is 15.8. The van der Waals surface area contributed by atoms with E-state index in [0.717, 1.165) is 22.7 Å². The van der Waals surface area contributed by atoms with Gasteiger partial charge in [-0.05, 0) is 50.6 Å². The molecule has 21 heavy (non-hydrogen) atoms. The van der Waals surface area contributed by atoms with Crippen molar-refractivity contribution in [1.29, 1.82) is 0 Å². The molecule has 114 valence electrons. The van der Waals surface area contributed by atoms with E-state index in [1.807, 2.05) is 13.1 Å². The van der Waals surface area contributed by atoms with Gasteiger partial charge < -0.3 is 5.32 Å². The number of nitrogens with zero attached hydrogens (tertiary/aromatic N) is 3. The Balaban J connectivity index is 2.12. The van der Waals surface area contributed by atoms with Crippen molar-refractivity contribution in [2.45, 2.75) is 50.0 Å². The lowest BCUT2D eigenvalue weighted by Crippen LogP contribution is -2.35. The summed E-state index contributed by atoms with van der Waals surface area (Å²) < 4.78 is 1.47. The van der Waals surface area contributed by atoms with Gasteiger partial charge in [0.2, 0.25) is 0 Å². The Morgan fingerprint density at radius 3 is 2.67 bits per heavy atom. The summed E-state index contributed by atoms with van der Waals surface area (Å²) in [6, 6.07) is 2.11. The molecular weight excluding hydrogens is 286 g/mol. The fraction of sp³-hybridized carbons (Fsp3) is 0.500. The van der Waals surface area contributed by atoms with Crippen LogP contribution in [0.25, 0.3) is 0 Å². The van der Waals surface area contributed by atoms with Gasteiger partial charge in [0.05, 0.1) is 0 Å². The molecule has 0 unspecified atom stereocenters. The van der Waals surface area contributed by atoms with Crippen LogP contribution in [0.3, 0.4) is 0 Å². The fourth-order valence-electron chi connectivity index (χ4n) is 1.70. The standard InChI is InChI=1S/C14H21N5OS/c1-9-6-10(8-16-14(2,3)4)7-15-11(9)21-13-18-17-12(20)19(13)5/h6-7,16H,8H2,1-5H3,(H,17,20). The fourth-order valence-corrected chi connectivity index (χ4v) is 2.51. The molecule has 0 bridgehead atoms. The molecule has 2 aromatic heterocycles. The molecule has 0 radical (unpaired) electrons. The van der Waals surface area contributed by atoms with Gasteiger partial charge in [0.25, 0.3) is 0 Å². The lowest BCUT2D eigenvalue weighted by Gasteiger charge is -2.20. The molecule has 0 aromatic carbocycles. The Hall–Kier alpha value is -1.60. The van der Waals surface area contributed by atoms with Crippen molar-refractivity contribution >= 4 is 11.8 Å². The van der Waals surface area contributed by atoms with E-state index in [0.29, 0.717) is 5.16 Å². The molecule has 6 nitrogen and oxygen atoms in total. The average Bonchev–Trinajstić information content (AvgIpc) is 2.70. The first-order valence-corrected chi connectivity index (χ1v) is 7.58. The highest BCUT2D eigenvalue weighted by atomic mass is 32.2. The van der Waals surface area contributed by atoms with E-state index in [4.69, 9.17) is 0 Å². The van der Waals surface area contributed by atoms with Gasteiger partial charge in [-0.25, -0.2) is 14.9 Å². The summed E-state index contributed by atoms with van der Waals surface area (Å²) >= 11 is 1.38. The minimum atomic E-state index is -0.221. The van der Waals surface area contributed by atoms with Crippen LogP contribution < -0.4 is 11.0 Å². The van der Waals surface area contributed by atoms with Crippen LogP contribution in [-0.4, -0.2) is 25.3 Å². The quantitative estimate of drug-likeness (QED) is 0.901. The molecule has 0 fully saturated rings. The highest BCUT2D eigenvalue weighted by Crippen LogP contribution is 2.26. The Morgan fingerprint density at radius 2 is 2.14 bits per heavy atom. The zero-order valence-electron chi connectivity index (χ0n) is 13.0. The molecule has 0 saturated heterocycles. The van der Waals surface area contributed by atoms with Gasteiger partial charge >= 0.3 is 5.69 Å². The number of hydrogen-bond acceptors (Lipinski definition) is 5. The predicted octanol–water partition coefficient (Wildman–Crippen LogP) is 1.85. The second kappa shape index (κ2) is 6.03. The first-order valence-electron chi connectivity index (χ1n) is 6.76. The van der Waals surface area contributed by atoms with Crippen LogP contribution in [0, 0.1) is 6.92 Å². The van der Waals surface area contributed by atoms with Crippen molar-refractivity contribution in [2.24, 2.45) is 7.05 Å². The van der Waals surface area contributed by atoms with Crippen LogP contribution in [0.4, 0.5) is 0 Å². The van der Waals surface area contributed by atoms with E-state index in [9.17, 15) is 4.79 Å². The molecule has 2 heterocycles.